The summed E-state index contributed by atoms with van der Waals surface area (Å²) in [6.45, 7) is 5.53. The molecule has 0 radical (unpaired) electrons. The Morgan fingerprint density at radius 1 is 1.31 bits per heavy atom. The molecule has 2 atom stereocenters. The number of hydrogen-bond acceptors (Lipinski definition) is 6. The number of halogens is 1. The molecule has 0 aliphatic carbocycles. The molecule has 0 spiro atoms. The maximum Gasteiger partial charge on any atom is 0.240 e. The molecule has 0 bridgehead atoms. The first-order chi connectivity index (χ1) is 15.4. The molecule has 2 aliphatic rings. The summed E-state index contributed by atoms with van der Waals surface area (Å²) in [5.41, 5.74) is 4.97. The summed E-state index contributed by atoms with van der Waals surface area (Å²) in [6, 6.07) is 6.94. The fourth-order valence-electron chi connectivity index (χ4n) is 4.38. The molecule has 2 aromatic carbocycles. The van der Waals surface area contributed by atoms with Crippen molar-refractivity contribution in [3.05, 3.63) is 51.8 Å². The molecule has 1 aromatic heterocycles. The number of amides is 1. The zero-order valence-corrected chi connectivity index (χ0v) is 18.7. The zero-order valence-electron chi connectivity index (χ0n) is 17.9. The molecule has 3 N–H and O–H groups in total. The van der Waals surface area contributed by atoms with Crippen LogP contribution in [0.2, 0.25) is 5.02 Å². The largest absolute Gasteiger partial charge is 0.454 e. The van der Waals surface area contributed by atoms with Gasteiger partial charge in [0.1, 0.15) is 11.9 Å². The van der Waals surface area contributed by atoms with Gasteiger partial charge in [0.2, 0.25) is 12.7 Å². The molecule has 32 heavy (non-hydrogen) atoms. The summed E-state index contributed by atoms with van der Waals surface area (Å²) < 4.78 is 10.8. The number of ether oxygens (including phenoxy) is 2. The summed E-state index contributed by atoms with van der Waals surface area (Å²) in [4.78, 5) is 22.8. The van der Waals surface area contributed by atoms with Crippen molar-refractivity contribution in [2.45, 2.75) is 45.5 Å². The SMILES string of the molecule is Cc1ccc2[nH]c(CNC(=O)C3C(O)CCN3Cc3cc4c(cc3Cl)OCO4)nc2c1C. The number of fused-ring (bicyclic) bond motifs is 2. The number of H-pyrrole nitrogens is 1. The second-order valence-corrected chi connectivity index (χ2v) is 8.78. The monoisotopic (exact) mass is 456 g/mol. The predicted octanol–water partition coefficient (Wildman–Crippen LogP) is 2.81. The van der Waals surface area contributed by atoms with Gasteiger partial charge < -0.3 is 24.9 Å². The van der Waals surface area contributed by atoms with E-state index in [4.69, 9.17) is 21.1 Å². The van der Waals surface area contributed by atoms with Gasteiger partial charge >= 0.3 is 0 Å². The topological polar surface area (TPSA) is 99.7 Å². The Kier molecular flexibility index (Phi) is 5.44. The molecule has 0 saturated carbocycles. The maximum atomic E-state index is 13.0. The summed E-state index contributed by atoms with van der Waals surface area (Å²) in [5, 5.41) is 14.0. The molecule has 9 heteroatoms. The fourth-order valence-corrected chi connectivity index (χ4v) is 4.59. The first-order valence-corrected chi connectivity index (χ1v) is 11.0. The van der Waals surface area contributed by atoms with Crippen LogP contribution in [0.4, 0.5) is 0 Å². The van der Waals surface area contributed by atoms with Crippen LogP contribution in [0.1, 0.15) is 28.9 Å². The van der Waals surface area contributed by atoms with Crippen molar-refractivity contribution in [1.29, 1.82) is 0 Å². The highest BCUT2D eigenvalue weighted by Gasteiger charge is 2.38. The second kappa shape index (κ2) is 8.27. The number of imidazole rings is 1. The number of aromatic amines is 1. The molecule has 8 nitrogen and oxygen atoms in total. The van der Waals surface area contributed by atoms with Crippen molar-refractivity contribution in [3.63, 3.8) is 0 Å². The molecular formula is C23H25ClN4O4. The number of hydrogen-bond donors (Lipinski definition) is 3. The van der Waals surface area contributed by atoms with Gasteiger partial charge in [-0.1, -0.05) is 17.7 Å². The van der Waals surface area contributed by atoms with Crippen molar-refractivity contribution < 1.29 is 19.4 Å². The third kappa shape index (κ3) is 3.79. The number of carbonyl (C=O) groups is 1. The third-order valence-electron chi connectivity index (χ3n) is 6.31. The maximum absolute atomic E-state index is 13.0. The van der Waals surface area contributed by atoms with E-state index in [1.165, 1.54) is 5.56 Å². The van der Waals surface area contributed by atoms with Crippen LogP contribution in [0.3, 0.4) is 0 Å². The predicted molar refractivity (Wildman–Crippen MR) is 120 cm³/mol. The molecule has 3 aromatic rings. The lowest BCUT2D eigenvalue weighted by atomic mass is 10.1. The van der Waals surface area contributed by atoms with E-state index in [9.17, 15) is 9.90 Å². The van der Waals surface area contributed by atoms with Crippen LogP contribution in [0.15, 0.2) is 24.3 Å². The lowest BCUT2D eigenvalue weighted by Gasteiger charge is -2.25. The zero-order chi connectivity index (χ0) is 22.4. The van der Waals surface area contributed by atoms with E-state index in [0.717, 1.165) is 22.2 Å². The van der Waals surface area contributed by atoms with Gasteiger partial charge in [0.25, 0.3) is 0 Å². The number of aryl methyl sites for hydroxylation is 2. The smallest absolute Gasteiger partial charge is 0.240 e. The van der Waals surface area contributed by atoms with Crippen LogP contribution in [-0.4, -0.2) is 51.4 Å². The highest BCUT2D eigenvalue weighted by atomic mass is 35.5. The number of aliphatic hydroxyl groups excluding tert-OH is 1. The van der Waals surface area contributed by atoms with Gasteiger partial charge in [-0.3, -0.25) is 9.69 Å². The Bertz CT molecular complexity index is 1190. The van der Waals surface area contributed by atoms with Crippen molar-refractivity contribution in [2.24, 2.45) is 0 Å². The number of carbonyl (C=O) groups excluding carboxylic acids is 1. The van der Waals surface area contributed by atoms with E-state index < -0.39 is 12.1 Å². The molecular weight excluding hydrogens is 432 g/mol. The Morgan fingerprint density at radius 2 is 2.09 bits per heavy atom. The van der Waals surface area contributed by atoms with Crippen molar-refractivity contribution in [1.82, 2.24) is 20.2 Å². The minimum atomic E-state index is -0.747. The Hall–Kier alpha value is -2.81. The third-order valence-corrected chi connectivity index (χ3v) is 6.66. The normalized spacial score (nSPS) is 20.2. The first kappa shape index (κ1) is 21.1. The summed E-state index contributed by atoms with van der Waals surface area (Å²) in [7, 11) is 0. The molecule has 2 unspecified atom stereocenters. The molecule has 3 heterocycles. The molecule has 2 aliphatic heterocycles. The Morgan fingerprint density at radius 3 is 2.91 bits per heavy atom. The van der Waals surface area contributed by atoms with E-state index in [1.54, 1.807) is 6.07 Å². The number of rotatable bonds is 5. The van der Waals surface area contributed by atoms with Gasteiger partial charge in [-0.25, -0.2) is 4.98 Å². The molecule has 5 rings (SSSR count). The van der Waals surface area contributed by atoms with E-state index in [1.807, 2.05) is 36.9 Å². The molecule has 1 fully saturated rings. The van der Waals surface area contributed by atoms with Crippen LogP contribution < -0.4 is 14.8 Å². The summed E-state index contributed by atoms with van der Waals surface area (Å²) in [6.07, 6.45) is -0.230. The standard InChI is InChI=1S/C23H25ClN4O4/c1-12-3-4-16-21(13(12)2)27-20(26-16)9-25-23(30)22-17(29)5-6-28(22)10-14-7-18-19(8-15(14)24)32-11-31-18/h3-4,7-8,17,22,29H,5-6,9-11H2,1-2H3,(H,25,30)(H,26,27). The Labute approximate surface area is 190 Å². The lowest BCUT2D eigenvalue weighted by Crippen LogP contribution is -2.47. The number of likely N-dealkylation sites (tertiary alicyclic amines) is 1. The van der Waals surface area contributed by atoms with Crippen molar-refractivity contribution >= 4 is 28.5 Å². The number of aliphatic hydroxyl groups is 1. The van der Waals surface area contributed by atoms with E-state index in [2.05, 4.69) is 15.3 Å². The highest BCUT2D eigenvalue weighted by molar-refractivity contribution is 6.31. The summed E-state index contributed by atoms with van der Waals surface area (Å²) in [5.74, 6) is 1.70. The van der Waals surface area contributed by atoms with E-state index in [-0.39, 0.29) is 19.2 Å². The van der Waals surface area contributed by atoms with E-state index >= 15 is 0 Å². The molecule has 1 amide bonds. The highest BCUT2D eigenvalue weighted by Crippen LogP contribution is 2.37. The van der Waals surface area contributed by atoms with Gasteiger partial charge in [-0.2, -0.15) is 0 Å². The number of benzene rings is 2. The van der Waals surface area contributed by atoms with Crippen LogP contribution in [0.25, 0.3) is 11.0 Å². The van der Waals surface area contributed by atoms with Gasteiger partial charge in [-0.15, -0.1) is 0 Å². The number of aromatic nitrogens is 2. The van der Waals surface area contributed by atoms with Crippen LogP contribution in [-0.2, 0) is 17.9 Å². The minimum absolute atomic E-state index is 0.170. The van der Waals surface area contributed by atoms with Gasteiger partial charge in [-0.05, 0) is 49.1 Å². The number of nitrogens with zero attached hydrogens (tertiary/aromatic N) is 2. The van der Waals surface area contributed by atoms with E-state index in [0.29, 0.717) is 41.9 Å². The quantitative estimate of drug-likeness (QED) is 0.546. The molecule has 168 valence electrons. The molecule has 1 saturated heterocycles. The van der Waals surface area contributed by atoms with Crippen LogP contribution in [0.5, 0.6) is 11.5 Å². The number of nitrogens with one attached hydrogen (secondary N) is 2. The average molecular weight is 457 g/mol. The fraction of sp³-hybridized carbons (Fsp3) is 0.391. The van der Waals surface area contributed by atoms with Crippen LogP contribution in [0, 0.1) is 13.8 Å². The van der Waals surface area contributed by atoms with Gasteiger partial charge in [0.15, 0.2) is 11.5 Å². The average Bonchev–Trinajstić information content (AvgIpc) is 3.48. The van der Waals surface area contributed by atoms with Crippen molar-refractivity contribution in [3.8, 4) is 11.5 Å². The van der Waals surface area contributed by atoms with Crippen LogP contribution >= 0.6 is 11.6 Å². The second-order valence-electron chi connectivity index (χ2n) is 8.37. The lowest BCUT2D eigenvalue weighted by molar-refractivity contribution is -0.128. The first-order valence-electron chi connectivity index (χ1n) is 10.6. The van der Waals surface area contributed by atoms with Gasteiger partial charge in [0.05, 0.1) is 23.7 Å². The van der Waals surface area contributed by atoms with Gasteiger partial charge in [0, 0.05) is 24.2 Å². The van der Waals surface area contributed by atoms with Crippen molar-refractivity contribution in [2.75, 3.05) is 13.3 Å². The minimum Gasteiger partial charge on any atom is -0.454 e. The Balaban J connectivity index is 1.29. The summed E-state index contributed by atoms with van der Waals surface area (Å²) >= 11 is 6.42.